The van der Waals surface area contributed by atoms with Gasteiger partial charge in [-0.3, -0.25) is 0 Å². The van der Waals surface area contributed by atoms with E-state index in [1.165, 1.54) is 0 Å². The maximum atomic E-state index is 8.89. The molecule has 0 spiro atoms. The van der Waals surface area contributed by atoms with E-state index in [2.05, 4.69) is 14.9 Å². The molecule has 0 amide bonds. The largest absolute Gasteiger partial charge is 0.396 e. The van der Waals surface area contributed by atoms with Gasteiger partial charge in [-0.05, 0) is 18.8 Å². The second-order valence-electron chi connectivity index (χ2n) is 4.12. The van der Waals surface area contributed by atoms with Crippen molar-refractivity contribution < 1.29 is 5.11 Å². The summed E-state index contributed by atoms with van der Waals surface area (Å²) in [5.74, 6) is 1.92. The standard InChI is InChI=1S/C10H17N5O/c11-8-5-9(14-10(12)13-8)15-3-1-7(6-15)2-4-16/h5,7,16H,1-4,6H2,(H4,11,12,13,14). The lowest BCUT2D eigenvalue weighted by molar-refractivity contribution is 0.263. The first-order chi connectivity index (χ1) is 7.69. The third-order valence-corrected chi connectivity index (χ3v) is 2.90. The fraction of sp³-hybridized carbons (Fsp3) is 0.600. The van der Waals surface area contributed by atoms with Crippen LogP contribution in [0.4, 0.5) is 17.6 Å². The zero-order valence-corrected chi connectivity index (χ0v) is 9.13. The zero-order chi connectivity index (χ0) is 11.5. The summed E-state index contributed by atoms with van der Waals surface area (Å²) < 4.78 is 0. The molecule has 1 fully saturated rings. The highest BCUT2D eigenvalue weighted by molar-refractivity contribution is 5.50. The van der Waals surface area contributed by atoms with Crippen molar-refractivity contribution in [3.05, 3.63) is 6.07 Å². The van der Waals surface area contributed by atoms with Crippen molar-refractivity contribution in [3.63, 3.8) is 0 Å². The molecule has 5 N–H and O–H groups in total. The van der Waals surface area contributed by atoms with Crippen LogP contribution in [0, 0.1) is 5.92 Å². The Kier molecular flexibility index (Phi) is 3.09. The summed E-state index contributed by atoms with van der Waals surface area (Å²) in [4.78, 5) is 10.1. The Morgan fingerprint density at radius 2 is 2.25 bits per heavy atom. The minimum atomic E-state index is 0.209. The second kappa shape index (κ2) is 4.52. The number of hydrogen-bond donors (Lipinski definition) is 3. The third-order valence-electron chi connectivity index (χ3n) is 2.90. The summed E-state index contributed by atoms with van der Waals surface area (Å²) in [6, 6.07) is 1.73. The van der Waals surface area contributed by atoms with Crippen LogP contribution in [0.15, 0.2) is 6.07 Å². The third kappa shape index (κ3) is 2.33. The normalized spacial score (nSPS) is 20.3. The molecule has 1 aromatic heterocycles. The Hall–Kier alpha value is -1.56. The molecule has 0 saturated carbocycles. The molecule has 0 radical (unpaired) electrons. The number of aliphatic hydroxyl groups is 1. The summed E-state index contributed by atoms with van der Waals surface area (Å²) in [7, 11) is 0. The molecule has 1 aliphatic heterocycles. The highest BCUT2D eigenvalue weighted by Gasteiger charge is 2.23. The first-order valence-electron chi connectivity index (χ1n) is 5.45. The van der Waals surface area contributed by atoms with Gasteiger partial charge in [0.2, 0.25) is 5.95 Å². The summed E-state index contributed by atoms with van der Waals surface area (Å²) in [5.41, 5.74) is 11.2. The van der Waals surface area contributed by atoms with Crippen molar-refractivity contribution in [2.75, 3.05) is 36.1 Å². The number of aromatic nitrogens is 2. The van der Waals surface area contributed by atoms with Gasteiger partial charge in [0.15, 0.2) is 0 Å². The van der Waals surface area contributed by atoms with Crippen molar-refractivity contribution in [1.29, 1.82) is 0 Å². The molecule has 1 unspecified atom stereocenters. The first kappa shape index (κ1) is 10.9. The summed E-state index contributed by atoms with van der Waals surface area (Å²) in [5, 5.41) is 8.89. The molecule has 6 heteroatoms. The molecule has 0 bridgehead atoms. The fourth-order valence-corrected chi connectivity index (χ4v) is 2.09. The molecule has 88 valence electrons. The molecule has 16 heavy (non-hydrogen) atoms. The van der Waals surface area contributed by atoms with Gasteiger partial charge in [-0.15, -0.1) is 0 Å². The van der Waals surface area contributed by atoms with Crippen molar-refractivity contribution in [3.8, 4) is 0 Å². The Balaban J connectivity index is 2.08. The SMILES string of the molecule is Nc1cc(N2CCC(CCO)C2)nc(N)n1. The number of nitrogens with two attached hydrogens (primary N) is 2. The number of hydrogen-bond acceptors (Lipinski definition) is 6. The topological polar surface area (TPSA) is 101 Å². The molecule has 1 aromatic rings. The van der Waals surface area contributed by atoms with Gasteiger partial charge >= 0.3 is 0 Å². The van der Waals surface area contributed by atoms with Crippen LogP contribution in [0.25, 0.3) is 0 Å². The summed E-state index contributed by atoms with van der Waals surface area (Å²) in [6.45, 7) is 2.07. The average molecular weight is 223 g/mol. The van der Waals surface area contributed by atoms with Gasteiger partial charge in [0.25, 0.3) is 0 Å². The van der Waals surface area contributed by atoms with E-state index in [9.17, 15) is 0 Å². The molecule has 6 nitrogen and oxygen atoms in total. The molecule has 1 saturated heterocycles. The lowest BCUT2D eigenvalue weighted by Crippen LogP contribution is -2.22. The van der Waals surface area contributed by atoms with E-state index < -0.39 is 0 Å². The average Bonchev–Trinajstić information content (AvgIpc) is 2.65. The van der Waals surface area contributed by atoms with Gasteiger partial charge in [0.05, 0.1) is 0 Å². The van der Waals surface area contributed by atoms with Crippen molar-refractivity contribution in [2.24, 2.45) is 5.92 Å². The fourth-order valence-electron chi connectivity index (χ4n) is 2.09. The van der Waals surface area contributed by atoms with E-state index in [0.29, 0.717) is 11.7 Å². The Labute approximate surface area is 94.3 Å². The molecule has 2 rings (SSSR count). The van der Waals surface area contributed by atoms with Crippen molar-refractivity contribution in [1.82, 2.24) is 9.97 Å². The molecule has 0 aliphatic carbocycles. The van der Waals surface area contributed by atoms with Crippen LogP contribution in [-0.2, 0) is 0 Å². The highest BCUT2D eigenvalue weighted by atomic mass is 16.3. The van der Waals surface area contributed by atoms with Crippen molar-refractivity contribution >= 4 is 17.6 Å². The molecular formula is C10H17N5O. The van der Waals surface area contributed by atoms with Crippen LogP contribution in [-0.4, -0.2) is 34.8 Å². The number of aliphatic hydroxyl groups excluding tert-OH is 1. The maximum absolute atomic E-state index is 8.89. The number of rotatable bonds is 3. The van der Waals surface area contributed by atoms with E-state index in [0.717, 1.165) is 31.7 Å². The molecular weight excluding hydrogens is 206 g/mol. The first-order valence-corrected chi connectivity index (χ1v) is 5.45. The molecule has 1 aliphatic rings. The summed E-state index contributed by atoms with van der Waals surface area (Å²) >= 11 is 0. The van der Waals surface area contributed by atoms with Crippen LogP contribution >= 0.6 is 0 Å². The predicted molar refractivity (Wildman–Crippen MR) is 62.9 cm³/mol. The maximum Gasteiger partial charge on any atom is 0.223 e. The lowest BCUT2D eigenvalue weighted by Gasteiger charge is -2.17. The van der Waals surface area contributed by atoms with E-state index in [1.807, 2.05) is 0 Å². The zero-order valence-electron chi connectivity index (χ0n) is 9.13. The molecule has 2 heterocycles. The minimum absolute atomic E-state index is 0.209. The minimum Gasteiger partial charge on any atom is -0.396 e. The van der Waals surface area contributed by atoms with Crippen LogP contribution in [0.1, 0.15) is 12.8 Å². The second-order valence-corrected chi connectivity index (χ2v) is 4.12. The molecule has 0 aromatic carbocycles. The van der Waals surface area contributed by atoms with Crippen LogP contribution < -0.4 is 16.4 Å². The van der Waals surface area contributed by atoms with Gasteiger partial charge in [0.1, 0.15) is 11.6 Å². The lowest BCUT2D eigenvalue weighted by atomic mass is 10.1. The van der Waals surface area contributed by atoms with E-state index in [4.69, 9.17) is 16.6 Å². The number of nitrogens with zero attached hydrogens (tertiary/aromatic N) is 3. The van der Waals surface area contributed by atoms with E-state index in [-0.39, 0.29) is 12.6 Å². The van der Waals surface area contributed by atoms with Gasteiger partial charge in [0, 0.05) is 25.8 Å². The van der Waals surface area contributed by atoms with E-state index in [1.54, 1.807) is 6.07 Å². The predicted octanol–water partition coefficient (Wildman–Crippen LogP) is -0.150. The van der Waals surface area contributed by atoms with Crippen molar-refractivity contribution in [2.45, 2.75) is 12.8 Å². The van der Waals surface area contributed by atoms with Crippen LogP contribution in [0.2, 0.25) is 0 Å². The molecule has 1 atom stereocenters. The van der Waals surface area contributed by atoms with Gasteiger partial charge < -0.3 is 21.5 Å². The Bertz CT molecular complexity index is 350. The Morgan fingerprint density at radius 3 is 2.94 bits per heavy atom. The van der Waals surface area contributed by atoms with Crippen LogP contribution in [0.3, 0.4) is 0 Å². The summed E-state index contributed by atoms with van der Waals surface area (Å²) in [6.07, 6.45) is 1.91. The van der Waals surface area contributed by atoms with Crippen LogP contribution in [0.5, 0.6) is 0 Å². The van der Waals surface area contributed by atoms with Gasteiger partial charge in [-0.2, -0.15) is 9.97 Å². The number of nitrogen functional groups attached to an aromatic ring is 2. The van der Waals surface area contributed by atoms with Gasteiger partial charge in [-0.25, -0.2) is 0 Å². The number of anilines is 3. The van der Waals surface area contributed by atoms with E-state index >= 15 is 0 Å². The monoisotopic (exact) mass is 223 g/mol. The highest BCUT2D eigenvalue weighted by Crippen LogP contribution is 2.25. The smallest absolute Gasteiger partial charge is 0.223 e. The van der Waals surface area contributed by atoms with Gasteiger partial charge in [-0.1, -0.05) is 0 Å². The quantitative estimate of drug-likeness (QED) is 0.658. The Morgan fingerprint density at radius 1 is 1.44 bits per heavy atom.